The summed E-state index contributed by atoms with van der Waals surface area (Å²) in [4.78, 5) is 28.3. The molecule has 1 aromatic heterocycles. The van der Waals surface area contributed by atoms with E-state index in [-0.39, 0.29) is 37.3 Å². The van der Waals surface area contributed by atoms with Crippen molar-refractivity contribution in [2.45, 2.75) is 58.2 Å². The van der Waals surface area contributed by atoms with Gasteiger partial charge in [0.25, 0.3) is 0 Å². The number of Topliss-reactive ketones (excluding diaryl/α,β-unsaturated/α-hetero) is 1. The number of ether oxygens (including phenoxy) is 1. The molecule has 0 N–H and O–H groups in total. The van der Waals surface area contributed by atoms with Crippen molar-refractivity contribution in [2.24, 2.45) is 5.92 Å². The minimum atomic E-state index is -4.61. The Bertz CT molecular complexity index is 1330. The van der Waals surface area contributed by atoms with Crippen molar-refractivity contribution in [3.8, 4) is 5.75 Å². The molecule has 3 aromatic rings. The van der Waals surface area contributed by atoms with Crippen LogP contribution in [0.25, 0.3) is 0 Å². The fourth-order valence-corrected chi connectivity index (χ4v) is 5.20. The Kier molecular flexibility index (Phi) is 8.42. The summed E-state index contributed by atoms with van der Waals surface area (Å²) in [5.41, 5.74) is 1.45. The zero-order valence-corrected chi connectivity index (χ0v) is 22.1. The average Bonchev–Trinajstić information content (AvgIpc) is 3.26. The molecule has 1 unspecified atom stereocenters. The summed E-state index contributed by atoms with van der Waals surface area (Å²) in [6.45, 7) is 1.37. The van der Waals surface area contributed by atoms with Crippen LogP contribution in [0, 0.1) is 18.7 Å². The summed E-state index contributed by atoms with van der Waals surface area (Å²) < 4.78 is 61.2. The summed E-state index contributed by atoms with van der Waals surface area (Å²) in [6.07, 6.45) is -2.71. The molecule has 2 aromatic carbocycles. The number of fused-ring (bicyclic) bond motifs is 1. The maximum atomic E-state index is 14.1. The van der Waals surface area contributed by atoms with E-state index in [0.717, 1.165) is 11.1 Å². The number of carbonyl (C=O) groups is 2. The number of methoxy groups -OCH3 is 1. The standard InChI is InChI=1S/C29H31F4N3O3/c1-18-12-19(15-21(30)13-18)14-20(28(38)35(2)22-8-10-24(39-3)11-9-22)16-23(37)17-36-26-7-5-4-6-25(26)27(34-36)29(31,32)33/h8-13,15,20H,4-7,14,16-17H2,1-3H3. The first-order valence-corrected chi connectivity index (χ1v) is 12.8. The fourth-order valence-electron chi connectivity index (χ4n) is 5.20. The molecule has 1 amide bonds. The van der Waals surface area contributed by atoms with Crippen molar-refractivity contribution >= 4 is 17.4 Å². The van der Waals surface area contributed by atoms with Crippen molar-refractivity contribution in [1.29, 1.82) is 0 Å². The van der Waals surface area contributed by atoms with Crippen LogP contribution in [0.1, 0.15) is 47.3 Å². The van der Waals surface area contributed by atoms with Crippen molar-refractivity contribution in [3.63, 3.8) is 0 Å². The molecule has 1 aliphatic carbocycles. The SMILES string of the molecule is COc1ccc(N(C)C(=O)C(CC(=O)Cn2nc(C(F)(F)F)c3c2CCCC3)Cc2cc(C)cc(F)c2)cc1. The molecule has 39 heavy (non-hydrogen) atoms. The number of amides is 1. The van der Waals surface area contributed by atoms with Gasteiger partial charge in [0.2, 0.25) is 5.91 Å². The van der Waals surface area contributed by atoms with Crippen LogP contribution in [-0.4, -0.2) is 35.6 Å². The van der Waals surface area contributed by atoms with Gasteiger partial charge in [0, 0.05) is 36.3 Å². The summed E-state index contributed by atoms with van der Waals surface area (Å²) in [5, 5.41) is 3.78. The van der Waals surface area contributed by atoms with E-state index in [2.05, 4.69) is 5.10 Å². The second-order valence-electron chi connectivity index (χ2n) is 10.0. The lowest BCUT2D eigenvalue weighted by Gasteiger charge is -2.24. The largest absolute Gasteiger partial charge is 0.497 e. The van der Waals surface area contributed by atoms with Crippen molar-refractivity contribution in [1.82, 2.24) is 9.78 Å². The molecule has 1 heterocycles. The molecule has 0 radical (unpaired) electrons. The monoisotopic (exact) mass is 545 g/mol. The second kappa shape index (κ2) is 11.6. The van der Waals surface area contributed by atoms with E-state index in [9.17, 15) is 27.2 Å². The van der Waals surface area contributed by atoms with Crippen molar-refractivity contribution in [3.05, 3.63) is 76.4 Å². The third-order valence-electron chi connectivity index (χ3n) is 7.05. The highest BCUT2D eigenvalue weighted by molar-refractivity contribution is 5.97. The van der Waals surface area contributed by atoms with Gasteiger partial charge >= 0.3 is 6.18 Å². The number of nitrogens with zero attached hydrogens (tertiary/aromatic N) is 3. The normalized spacial score (nSPS) is 14.0. The number of halogens is 4. The van der Waals surface area contributed by atoms with Crippen LogP contribution in [0.15, 0.2) is 42.5 Å². The predicted octanol–water partition coefficient (Wildman–Crippen LogP) is 5.72. The summed E-state index contributed by atoms with van der Waals surface area (Å²) >= 11 is 0. The van der Waals surface area contributed by atoms with Gasteiger partial charge in [-0.25, -0.2) is 4.39 Å². The minimum absolute atomic E-state index is 0.0919. The number of ketones is 1. The van der Waals surface area contributed by atoms with E-state index in [1.54, 1.807) is 44.3 Å². The summed E-state index contributed by atoms with van der Waals surface area (Å²) in [6, 6.07) is 11.3. The Hall–Kier alpha value is -3.69. The van der Waals surface area contributed by atoms with Gasteiger partial charge in [-0.05, 0) is 86.6 Å². The van der Waals surface area contributed by atoms with Gasteiger partial charge < -0.3 is 9.64 Å². The van der Waals surface area contributed by atoms with Gasteiger partial charge in [-0.15, -0.1) is 0 Å². The zero-order valence-electron chi connectivity index (χ0n) is 22.1. The van der Waals surface area contributed by atoms with Gasteiger partial charge in [0.05, 0.1) is 13.7 Å². The molecule has 0 spiro atoms. The van der Waals surface area contributed by atoms with E-state index >= 15 is 0 Å². The summed E-state index contributed by atoms with van der Waals surface area (Å²) in [7, 11) is 3.11. The van der Waals surface area contributed by atoms with E-state index < -0.39 is 29.4 Å². The molecular weight excluding hydrogens is 514 g/mol. The molecule has 1 aliphatic rings. The summed E-state index contributed by atoms with van der Waals surface area (Å²) in [5.74, 6) is -1.49. The molecular formula is C29H31F4N3O3. The van der Waals surface area contributed by atoms with Crippen molar-refractivity contribution < 1.29 is 31.9 Å². The Morgan fingerprint density at radius 3 is 2.44 bits per heavy atom. The van der Waals surface area contributed by atoms with E-state index in [0.29, 0.717) is 41.1 Å². The number of benzene rings is 2. The second-order valence-corrected chi connectivity index (χ2v) is 10.0. The van der Waals surface area contributed by atoms with Crippen LogP contribution in [0.2, 0.25) is 0 Å². The van der Waals surface area contributed by atoms with Gasteiger partial charge in [-0.2, -0.15) is 18.3 Å². The van der Waals surface area contributed by atoms with Crippen molar-refractivity contribution in [2.75, 3.05) is 19.1 Å². The fraction of sp³-hybridized carbons (Fsp3) is 0.414. The van der Waals surface area contributed by atoms with Gasteiger partial charge in [0.1, 0.15) is 11.6 Å². The Morgan fingerprint density at radius 2 is 1.79 bits per heavy atom. The number of hydrogen-bond donors (Lipinski definition) is 0. The first-order chi connectivity index (χ1) is 18.5. The zero-order chi connectivity index (χ0) is 28.3. The molecule has 0 fully saturated rings. The highest BCUT2D eigenvalue weighted by Gasteiger charge is 2.40. The Morgan fingerprint density at radius 1 is 1.10 bits per heavy atom. The molecule has 10 heteroatoms. The van der Waals surface area contributed by atoms with Crippen LogP contribution in [0.3, 0.4) is 0 Å². The molecule has 0 bridgehead atoms. The number of rotatable bonds is 9. The van der Waals surface area contributed by atoms with Gasteiger partial charge in [0.15, 0.2) is 11.5 Å². The molecule has 1 atom stereocenters. The first-order valence-electron chi connectivity index (χ1n) is 12.8. The molecule has 0 aliphatic heterocycles. The predicted molar refractivity (Wildman–Crippen MR) is 138 cm³/mol. The van der Waals surface area contributed by atoms with E-state index in [1.807, 2.05) is 0 Å². The number of aryl methyl sites for hydroxylation is 1. The lowest BCUT2D eigenvalue weighted by molar-refractivity contribution is -0.142. The van der Waals surface area contributed by atoms with Crippen LogP contribution >= 0.6 is 0 Å². The van der Waals surface area contributed by atoms with Crippen LogP contribution < -0.4 is 9.64 Å². The first kappa shape index (κ1) is 28.3. The van der Waals surface area contributed by atoms with Crippen LogP contribution in [0.5, 0.6) is 5.75 Å². The number of anilines is 1. The van der Waals surface area contributed by atoms with Crippen LogP contribution in [-0.2, 0) is 41.6 Å². The van der Waals surface area contributed by atoms with E-state index in [1.165, 1.54) is 24.1 Å². The maximum absolute atomic E-state index is 14.1. The highest BCUT2D eigenvalue weighted by Crippen LogP contribution is 2.36. The van der Waals surface area contributed by atoms with Gasteiger partial charge in [-0.3, -0.25) is 14.3 Å². The topological polar surface area (TPSA) is 64.4 Å². The number of hydrogen-bond acceptors (Lipinski definition) is 4. The molecule has 0 saturated carbocycles. The highest BCUT2D eigenvalue weighted by atomic mass is 19.4. The Labute approximate surface area is 224 Å². The number of alkyl halides is 3. The lowest BCUT2D eigenvalue weighted by Crippen LogP contribution is -2.35. The quantitative estimate of drug-likeness (QED) is 0.323. The molecule has 6 nitrogen and oxygen atoms in total. The smallest absolute Gasteiger partial charge is 0.435 e. The lowest BCUT2D eigenvalue weighted by atomic mass is 9.91. The number of carbonyl (C=O) groups excluding carboxylic acids is 2. The third kappa shape index (κ3) is 6.66. The third-order valence-corrected chi connectivity index (χ3v) is 7.05. The molecule has 4 rings (SSSR count). The molecule has 0 saturated heterocycles. The minimum Gasteiger partial charge on any atom is -0.497 e. The number of aromatic nitrogens is 2. The maximum Gasteiger partial charge on any atom is 0.435 e. The molecule has 208 valence electrons. The van der Waals surface area contributed by atoms with Gasteiger partial charge in [-0.1, -0.05) is 6.07 Å². The Balaban J connectivity index is 1.59. The van der Waals surface area contributed by atoms with E-state index in [4.69, 9.17) is 4.74 Å². The average molecular weight is 546 g/mol. The van der Waals surface area contributed by atoms with Crippen LogP contribution in [0.4, 0.5) is 23.2 Å².